The molecule has 2 aromatic carbocycles. The number of carboxylic acids is 1. The third-order valence-corrected chi connectivity index (χ3v) is 5.65. The van der Waals surface area contributed by atoms with Gasteiger partial charge in [-0.1, -0.05) is 19.1 Å². The fraction of sp³-hybridized carbons (Fsp3) is 0.217. The van der Waals surface area contributed by atoms with Crippen LogP contribution in [0.2, 0.25) is 0 Å². The molecule has 1 fully saturated rings. The fourth-order valence-electron chi connectivity index (χ4n) is 4.06. The molecule has 0 bridgehead atoms. The van der Waals surface area contributed by atoms with Gasteiger partial charge in [-0.15, -0.1) is 0 Å². The molecule has 1 aliphatic carbocycles. The Labute approximate surface area is 173 Å². The summed E-state index contributed by atoms with van der Waals surface area (Å²) in [6, 6.07) is 12.1. The molecule has 0 aromatic heterocycles. The van der Waals surface area contributed by atoms with Crippen LogP contribution in [0.3, 0.4) is 0 Å². The maximum atomic E-state index is 12.8. The quantitative estimate of drug-likeness (QED) is 0.601. The molecule has 2 aromatic rings. The lowest BCUT2D eigenvalue weighted by Gasteiger charge is -2.22. The van der Waals surface area contributed by atoms with Gasteiger partial charge in [0.15, 0.2) is 0 Å². The van der Waals surface area contributed by atoms with E-state index in [-0.39, 0.29) is 41.0 Å². The van der Waals surface area contributed by atoms with Crippen molar-refractivity contribution in [1.29, 1.82) is 0 Å². The van der Waals surface area contributed by atoms with Gasteiger partial charge in [-0.05, 0) is 60.9 Å². The van der Waals surface area contributed by atoms with Crippen LogP contribution < -0.4 is 10.2 Å². The Balaban J connectivity index is 1.49. The molecule has 0 saturated carbocycles. The fourth-order valence-corrected chi connectivity index (χ4v) is 4.06. The second kappa shape index (κ2) is 7.59. The summed E-state index contributed by atoms with van der Waals surface area (Å²) < 4.78 is 0. The molecule has 2 N–H and O–H groups in total. The predicted molar refractivity (Wildman–Crippen MR) is 110 cm³/mol. The minimum atomic E-state index is -1.04. The highest BCUT2D eigenvalue weighted by Crippen LogP contribution is 2.40. The number of rotatable bonds is 4. The first-order valence-corrected chi connectivity index (χ1v) is 9.66. The number of hydrogen-bond donors (Lipinski definition) is 2. The van der Waals surface area contributed by atoms with Gasteiger partial charge in [0.25, 0.3) is 5.91 Å². The largest absolute Gasteiger partial charge is 0.478 e. The highest BCUT2D eigenvalue weighted by atomic mass is 16.4. The number of carbonyl (C=O) groups is 4. The lowest BCUT2D eigenvalue weighted by Crippen LogP contribution is -2.31. The summed E-state index contributed by atoms with van der Waals surface area (Å²) in [4.78, 5) is 50.2. The summed E-state index contributed by atoms with van der Waals surface area (Å²) in [6.45, 7) is 1.94. The Hall–Kier alpha value is -3.74. The Bertz CT molecular complexity index is 1060. The van der Waals surface area contributed by atoms with Crippen LogP contribution in [0.25, 0.3) is 0 Å². The number of nitrogens with zero attached hydrogens (tertiary/aromatic N) is 1. The van der Waals surface area contributed by atoms with Crippen LogP contribution in [-0.2, 0) is 9.59 Å². The smallest absolute Gasteiger partial charge is 0.335 e. The molecule has 0 unspecified atom stereocenters. The average Bonchev–Trinajstić information content (AvgIpc) is 3.00. The second-order valence-corrected chi connectivity index (χ2v) is 7.55. The zero-order chi connectivity index (χ0) is 21.4. The first-order valence-electron chi connectivity index (χ1n) is 9.66. The van der Waals surface area contributed by atoms with Crippen LogP contribution in [-0.4, -0.2) is 28.8 Å². The lowest BCUT2D eigenvalue weighted by atomic mass is 9.78. The normalized spacial score (nSPS) is 22.7. The number of benzene rings is 2. The van der Waals surface area contributed by atoms with Crippen LogP contribution in [0.15, 0.2) is 60.7 Å². The summed E-state index contributed by atoms with van der Waals surface area (Å²) in [5.41, 5.74) is 1.40. The molecule has 2 aliphatic rings. The van der Waals surface area contributed by atoms with E-state index in [9.17, 15) is 19.2 Å². The molecule has 7 heteroatoms. The summed E-state index contributed by atoms with van der Waals surface area (Å²) in [5, 5.41) is 11.6. The Morgan fingerprint density at radius 3 is 2.20 bits per heavy atom. The Morgan fingerprint density at radius 2 is 1.60 bits per heavy atom. The van der Waals surface area contributed by atoms with Crippen molar-refractivity contribution in [1.82, 2.24) is 0 Å². The maximum Gasteiger partial charge on any atom is 0.335 e. The van der Waals surface area contributed by atoms with Crippen molar-refractivity contribution in [2.45, 2.75) is 13.3 Å². The molecular weight excluding hydrogens is 384 g/mol. The van der Waals surface area contributed by atoms with Gasteiger partial charge >= 0.3 is 5.97 Å². The van der Waals surface area contributed by atoms with Gasteiger partial charge < -0.3 is 10.4 Å². The number of allylic oxidation sites excluding steroid dienone is 2. The van der Waals surface area contributed by atoms with Crippen molar-refractivity contribution in [2.75, 3.05) is 10.2 Å². The van der Waals surface area contributed by atoms with E-state index in [0.29, 0.717) is 23.4 Å². The molecule has 0 spiro atoms. The van der Waals surface area contributed by atoms with E-state index < -0.39 is 5.97 Å². The Kier molecular flexibility index (Phi) is 4.95. The zero-order valence-electron chi connectivity index (χ0n) is 16.2. The van der Waals surface area contributed by atoms with Crippen molar-refractivity contribution in [3.8, 4) is 0 Å². The molecule has 30 heavy (non-hydrogen) atoms. The van der Waals surface area contributed by atoms with E-state index in [1.807, 2.05) is 19.1 Å². The molecule has 7 nitrogen and oxygen atoms in total. The molecule has 1 aliphatic heterocycles. The highest BCUT2D eigenvalue weighted by molar-refractivity contribution is 6.22. The minimum absolute atomic E-state index is 0.0165. The number of carbonyl (C=O) groups excluding carboxylic acids is 3. The number of aromatic carboxylic acids is 1. The first-order chi connectivity index (χ1) is 14.4. The number of amides is 3. The van der Waals surface area contributed by atoms with Crippen molar-refractivity contribution in [3.63, 3.8) is 0 Å². The first kappa shape index (κ1) is 19.6. The molecule has 0 radical (unpaired) electrons. The SMILES string of the molecule is C[C@@H]1C=CC[C@H]2C(=O)N(c3ccc(C(=O)Nc4ccc(C(=O)O)cc4)cc3)C(=O)[C@@H]12. The molecule has 152 valence electrons. The van der Waals surface area contributed by atoms with E-state index in [0.717, 1.165) is 0 Å². The maximum absolute atomic E-state index is 12.8. The van der Waals surface area contributed by atoms with Crippen LogP contribution in [0, 0.1) is 17.8 Å². The number of fused-ring (bicyclic) bond motifs is 1. The van der Waals surface area contributed by atoms with Gasteiger partial charge in [0, 0.05) is 11.3 Å². The topological polar surface area (TPSA) is 104 Å². The van der Waals surface area contributed by atoms with Gasteiger partial charge in [-0.25, -0.2) is 4.79 Å². The van der Waals surface area contributed by atoms with Crippen LogP contribution in [0.1, 0.15) is 34.1 Å². The molecule has 3 amide bonds. The monoisotopic (exact) mass is 404 g/mol. The highest BCUT2D eigenvalue weighted by Gasteiger charge is 2.50. The average molecular weight is 404 g/mol. The molecule has 4 rings (SSSR count). The van der Waals surface area contributed by atoms with Crippen LogP contribution in [0.5, 0.6) is 0 Å². The lowest BCUT2D eigenvalue weighted by molar-refractivity contribution is -0.122. The van der Waals surface area contributed by atoms with E-state index in [1.54, 1.807) is 24.3 Å². The van der Waals surface area contributed by atoms with Gasteiger partial charge in [0.2, 0.25) is 11.8 Å². The van der Waals surface area contributed by atoms with Gasteiger partial charge in [0.1, 0.15) is 0 Å². The number of imide groups is 1. The van der Waals surface area contributed by atoms with E-state index >= 15 is 0 Å². The van der Waals surface area contributed by atoms with E-state index in [4.69, 9.17) is 5.11 Å². The molecule has 1 saturated heterocycles. The van der Waals surface area contributed by atoms with Crippen LogP contribution in [0.4, 0.5) is 11.4 Å². The van der Waals surface area contributed by atoms with Crippen molar-refractivity contribution in [3.05, 3.63) is 71.8 Å². The number of carboxylic acid groups (broad SMARTS) is 1. The summed E-state index contributed by atoms with van der Waals surface area (Å²) >= 11 is 0. The van der Waals surface area contributed by atoms with Gasteiger partial charge in [0.05, 0.1) is 23.1 Å². The number of hydrogen-bond acceptors (Lipinski definition) is 4. The van der Waals surface area contributed by atoms with Crippen LogP contribution >= 0.6 is 0 Å². The predicted octanol–water partition coefficient (Wildman–Crippen LogP) is 3.34. The number of anilines is 2. The van der Waals surface area contributed by atoms with E-state index in [1.165, 1.54) is 29.2 Å². The van der Waals surface area contributed by atoms with Crippen molar-refractivity contribution < 1.29 is 24.3 Å². The molecule has 3 atom stereocenters. The number of nitrogens with one attached hydrogen (secondary N) is 1. The third-order valence-electron chi connectivity index (χ3n) is 5.65. The van der Waals surface area contributed by atoms with Gasteiger partial charge in [-0.2, -0.15) is 0 Å². The standard InChI is InChI=1S/C23H20N2O5/c1-13-3-2-4-18-19(13)22(28)25(21(18)27)17-11-7-14(8-12-17)20(26)24-16-9-5-15(6-10-16)23(29)30/h2-3,5-13,18-19H,4H2,1H3,(H,24,26)(H,29,30)/t13-,18-,19+/m1/s1. The zero-order valence-corrected chi connectivity index (χ0v) is 16.2. The summed E-state index contributed by atoms with van der Waals surface area (Å²) in [6.07, 6.45) is 4.50. The third kappa shape index (κ3) is 3.39. The van der Waals surface area contributed by atoms with Gasteiger partial charge in [-0.3, -0.25) is 19.3 Å². The van der Waals surface area contributed by atoms with Crippen molar-refractivity contribution in [2.24, 2.45) is 17.8 Å². The summed E-state index contributed by atoms with van der Waals surface area (Å²) in [5.74, 6) is -2.46. The van der Waals surface area contributed by atoms with Crippen molar-refractivity contribution >= 4 is 35.1 Å². The Morgan fingerprint density at radius 1 is 0.967 bits per heavy atom. The molecule has 1 heterocycles. The minimum Gasteiger partial charge on any atom is -0.478 e. The summed E-state index contributed by atoms with van der Waals surface area (Å²) in [7, 11) is 0. The van der Waals surface area contributed by atoms with E-state index in [2.05, 4.69) is 5.32 Å². The second-order valence-electron chi connectivity index (χ2n) is 7.55. The molecular formula is C23H20N2O5.